The number of nitrogens with zero attached hydrogens (tertiary/aromatic N) is 1. The van der Waals surface area contributed by atoms with Crippen molar-refractivity contribution in [3.63, 3.8) is 0 Å². The number of benzene rings is 3. The Morgan fingerprint density at radius 1 is 1.03 bits per heavy atom. The molecular formula is C25H27NO4. The Labute approximate surface area is 176 Å². The molecule has 1 N–H and O–H groups in total. The number of aliphatic carboxylic acids is 1. The summed E-state index contributed by atoms with van der Waals surface area (Å²) in [7, 11) is 3.30. The van der Waals surface area contributed by atoms with Crippen molar-refractivity contribution in [3.8, 4) is 11.5 Å². The van der Waals surface area contributed by atoms with E-state index in [0.29, 0.717) is 13.0 Å². The smallest absolute Gasteiger partial charge is 0.307 e. The summed E-state index contributed by atoms with van der Waals surface area (Å²) in [6.07, 6.45) is 1.57. The lowest BCUT2D eigenvalue weighted by atomic mass is 9.88. The third-order valence-corrected chi connectivity index (χ3v) is 6.02. The van der Waals surface area contributed by atoms with Crippen LogP contribution in [0.1, 0.15) is 30.0 Å². The Morgan fingerprint density at radius 3 is 2.60 bits per heavy atom. The highest BCUT2D eigenvalue weighted by atomic mass is 16.5. The molecule has 0 aliphatic carbocycles. The number of rotatable bonds is 6. The number of likely N-dealkylation sites (tertiary alicyclic amines) is 1. The average molecular weight is 405 g/mol. The van der Waals surface area contributed by atoms with E-state index in [9.17, 15) is 9.90 Å². The van der Waals surface area contributed by atoms with Gasteiger partial charge < -0.3 is 14.6 Å². The van der Waals surface area contributed by atoms with Gasteiger partial charge in [-0.3, -0.25) is 9.69 Å². The van der Waals surface area contributed by atoms with Crippen molar-refractivity contribution in [2.45, 2.75) is 18.9 Å². The van der Waals surface area contributed by atoms with Crippen molar-refractivity contribution >= 4 is 16.7 Å². The molecule has 0 radical (unpaired) electrons. The number of piperidine rings is 1. The predicted molar refractivity (Wildman–Crippen MR) is 117 cm³/mol. The van der Waals surface area contributed by atoms with E-state index in [1.807, 2.05) is 30.3 Å². The number of hydrogen-bond donors (Lipinski definition) is 1. The normalized spacial score (nSPS) is 18.1. The zero-order chi connectivity index (χ0) is 21.1. The number of carbonyl (C=O) groups is 1. The minimum Gasteiger partial charge on any atom is -0.497 e. The number of carboxylic acid groups (broad SMARTS) is 1. The molecule has 2 unspecified atom stereocenters. The van der Waals surface area contributed by atoms with Gasteiger partial charge in [0.15, 0.2) is 0 Å². The lowest BCUT2D eigenvalue weighted by Crippen LogP contribution is -2.41. The molecule has 5 heteroatoms. The van der Waals surface area contributed by atoms with Crippen LogP contribution in [0.4, 0.5) is 0 Å². The number of carboxylic acids is 1. The van der Waals surface area contributed by atoms with E-state index in [0.717, 1.165) is 35.6 Å². The summed E-state index contributed by atoms with van der Waals surface area (Å²) in [5.41, 5.74) is 2.17. The first kappa shape index (κ1) is 20.2. The molecule has 0 bridgehead atoms. The third kappa shape index (κ3) is 3.85. The Balaban J connectivity index is 1.88. The molecule has 1 fully saturated rings. The van der Waals surface area contributed by atoms with Crippen LogP contribution >= 0.6 is 0 Å². The van der Waals surface area contributed by atoms with Crippen LogP contribution in [0.2, 0.25) is 0 Å². The first-order valence-electron chi connectivity index (χ1n) is 10.3. The Kier molecular flexibility index (Phi) is 5.91. The van der Waals surface area contributed by atoms with Gasteiger partial charge in [-0.25, -0.2) is 0 Å². The maximum absolute atomic E-state index is 11.7. The van der Waals surface area contributed by atoms with Crippen molar-refractivity contribution in [3.05, 3.63) is 71.8 Å². The zero-order valence-corrected chi connectivity index (χ0v) is 17.4. The molecule has 1 aliphatic heterocycles. The maximum Gasteiger partial charge on any atom is 0.307 e. The van der Waals surface area contributed by atoms with Crippen molar-refractivity contribution < 1.29 is 19.4 Å². The molecule has 0 saturated carbocycles. The quantitative estimate of drug-likeness (QED) is 0.642. The Hall–Kier alpha value is -3.05. The monoisotopic (exact) mass is 405 g/mol. The molecule has 1 heterocycles. The fourth-order valence-corrected chi connectivity index (χ4v) is 4.54. The standard InChI is InChI=1S/C25H27NO4/c1-29-19-12-13-22(23(15-19)30-2)24(26-14-6-9-18(16-26)25(27)28)21-11-5-8-17-7-3-4-10-20(17)21/h3-5,7-8,10-13,15,18,24H,6,9,14,16H2,1-2H3,(H,27,28). The molecule has 3 aromatic rings. The van der Waals surface area contributed by atoms with Crippen LogP contribution in [0.3, 0.4) is 0 Å². The second-order valence-corrected chi connectivity index (χ2v) is 7.75. The summed E-state index contributed by atoms with van der Waals surface area (Å²) in [6, 6.07) is 20.4. The molecule has 4 rings (SSSR count). The largest absolute Gasteiger partial charge is 0.497 e. The molecule has 0 aromatic heterocycles. The molecular weight excluding hydrogens is 378 g/mol. The number of ether oxygens (including phenoxy) is 2. The summed E-state index contributed by atoms with van der Waals surface area (Å²) in [4.78, 5) is 14.0. The summed E-state index contributed by atoms with van der Waals surface area (Å²) in [5.74, 6) is 0.387. The Morgan fingerprint density at radius 2 is 1.83 bits per heavy atom. The van der Waals surface area contributed by atoms with E-state index < -0.39 is 5.97 Å². The van der Waals surface area contributed by atoms with Gasteiger partial charge in [-0.05, 0) is 47.9 Å². The van der Waals surface area contributed by atoms with Crippen molar-refractivity contribution in [2.75, 3.05) is 27.3 Å². The number of methoxy groups -OCH3 is 2. The molecule has 0 amide bonds. The molecule has 1 aliphatic rings. The van der Waals surface area contributed by atoms with E-state index in [2.05, 4.69) is 35.2 Å². The van der Waals surface area contributed by atoms with Gasteiger partial charge in [0.1, 0.15) is 11.5 Å². The maximum atomic E-state index is 11.7. The van der Waals surface area contributed by atoms with Gasteiger partial charge in [-0.15, -0.1) is 0 Å². The number of hydrogen-bond acceptors (Lipinski definition) is 4. The predicted octanol–water partition coefficient (Wildman–Crippen LogP) is 4.74. The summed E-state index contributed by atoms with van der Waals surface area (Å²) < 4.78 is 11.1. The second kappa shape index (κ2) is 8.76. The summed E-state index contributed by atoms with van der Waals surface area (Å²) >= 11 is 0. The molecule has 3 aromatic carbocycles. The van der Waals surface area contributed by atoms with Gasteiger partial charge in [0.05, 0.1) is 26.2 Å². The highest BCUT2D eigenvalue weighted by Crippen LogP contribution is 2.41. The molecule has 1 saturated heterocycles. The van der Waals surface area contributed by atoms with Crippen LogP contribution < -0.4 is 9.47 Å². The van der Waals surface area contributed by atoms with Gasteiger partial charge in [-0.1, -0.05) is 42.5 Å². The van der Waals surface area contributed by atoms with Gasteiger partial charge in [-0.2, -0.15) is 0 Å². The minimum atomic E-state index is -0.724. The van der Waals surface area contributed by atoms with Gasteiger partial charge in [0.25, 0.3) is 0 Å². The zero-order valence-electron chi connectivity index (χ0n) is 17.4. The van der Waals surface area contributed by atoms with Crippen LogP contribution in [-0.4, -0.2) is 43.3 Å². The molecule has 156 valence electrons. The second-order valence-electron chi connectivity index (χ2n) is 7.75. The topological polar surface area (TPSA) is 59.0 Å². The van der Waals surface area contributed by atoms with Crippen molar-refractivity contribution in [1.29, 1.82) is 0 Å². The molecule has 30 heavy (non-hydrogen) atoms. The first-order chi connectivity index (χ1) is 14.6. The van der Waals surface area contributed by atoms with E-state index >= 15 is 0 Å². The SMILES string of the molecule is COc1ccc(C(c2cccc3ccccc23)N2CCCC(C(=O)O)C2)c(OC)c1. The molecule has 0 spiro atoms. The molecule has 5 nitrogen and oxygen atoms in total. The third-order valence-electron chi connectivity index (χ3n) is 6.02. The lowest BCUT2D eigenvalue weighted by molar-refractivity contribution is -0.143. The van der Waals surface area contributed by atoms with Crippen LogP contribution in [0, 0.1) is 5.92 Å². The van der Waals surface area contributed by atoms with Gasteiger partial charge in [0.2, 0.25) is 0 Å². The van der Waals surface area contributed by atoms with E-state index in [1.54, 1.807) is 14.2 Å². The van der Waals surface area contributed by atoms with Crippen LogP contribution in [-0.2, 0) is 4.79 Å². The number of fused-ring (bicyclic) bond motifs is 1. The lowest BCUT2D eigenvalue weighted by Gasteiger charge is -2.38. The highest BCUT2D eigenvalue weighted by Gasteiger charge is 2.33. The Bertz CT molecular complexity index is 1040. The van der Waals surface area contributed by atoms with E-state index in [4.69, 9.17) is 9.47 Å². The van der Waals surface area contributed by atoms with Crippen LogP contribution in [0.5, 0.6) is 11.5 Å². The van der Waals surface area contributed by atoms with E-state index in [1.165, 1.54) is 10.8 Å². The average Bonchev–Trinajstić information content (AvgIpc) is 2.79. The fraction of sp³-hybridized carbons (Fsp3) is 0.320. The fourth-order valence-electron chi connectivity index (χ4n) is 4.54. The van der Waals surface area contributed by atoms with E-state index in [-0.39, 0.29) is 12.0 Å². The van der Waals surface area contributed by atoms with Crippen LogP contribution in [0.25, 0.3) is 10.8 Å². The summed E-state index contributed by atoms with van der Waals surface area (Å²) in [6.45, 7) is 1.35. The summed E-state index contributed by atoms with van der Waals surface area (Å²) in [5, 5.41) is 12.0. The van der Waals surface area contributed by atoms with Crippen LogP contribution in [0.15, 0.2) is 60.7 Å². The van der Waals surface area contributed by atoms with Crippen molar-refractivity contribution in [2.24, 2.45) is 5.92 Å². The van der Waals surface area contributed by atoms with Crippen molar-refractivity contribution in [1.82, 2.24) is 4.90 Å². The minimum absolute atomic E-state index is 0.112. The molecule has 2 atom stereocenters. The first-order valence-corrected chi connectivity index (χ1v) is 10.3. The highest BCUT2D eigenvalue weighted by molar-refractivity contribution is 5.86. The van der Waals surface area contributed by atoms with Gasteiger partial charge >= 0.3 is 5.97 Å². The van der Waals surface area contributed by atoms with Gasteiger partial charge in [0, 0.05) is 18.2 Å².